The fourth-order valence-electron chi connectivity index (χ4n) is 1.65. The maximum Gasteiger partial charge on any atom is 0.222 e. The molecule has 1 aromatic carbocycles. The minimum Gasteiger partial charge on any atom is -0.439 e. The van der Waals surface area contributed by atoms with Crippen LogP contribution < -0.4 is 4.74 Å². The van der Waals surface area contributed by atoms with Gasteiger partial charge in [0.1, 0.15) is 12.1 Å². The molecule has 0 saturated carbocycles. The lowest BCUT2D eigenvalue weighted by molar-refractivity contribution is 0.281. The predicted octanol–water partition coefficient (Wildman–Crippen LogP) is 2.71. The topological polar surface area (TPSA) is 55.2 Å². The van der Waals surface area contributed by atoms with E-state index >= 15 is 0 Å². The minimum atomic E-state index is 0.00204. The van der Waals surface area contributed by atoms with E-state index in [2.05, 4.69) is 16.9 Å². The summed E-state index contributed by atoms with van der Waals surface area (Å²) >= 11 is 0. The van der Waals surface area contributed by atoms with Crippen molar-refractivity contribution in [2.75, 3.05) is 0 Å². The molecule has 0 bridgehead atoms. The lowest BCUT2D eigenvalue weighted by Crippen LogP contribution is -1.94. The van der Waals surface area contributed by atoms with Crippen LogP contribution in [0.5, 0.6) is 11.6 Å². The highest BCUT2D eigenvalue weighted by molar-refractivity contribution is 5.31. The molecule has 4 nitrogen and oxygen atoms in total. The highest BCUT2D eigenvalue weighted by Crippen LogP contribution is 2.20. The van der Waals surface area contributed by atoms with Crippen LogP contribution in [0.4, 0.5) is 0 Å². The van der Waals surface area contributed by atoms with Crippen molar-refractivity contribution >= 4 is 0 Å². The SMILES string of the molecule is CCCc1cc(Oc2cccc(CO)c2)ncn1. The van der Waals surface area contributed by atoms with E-state index in [4.69, 9.17) is 9.84 Å². The lowest BCUT2D eigenvalue weighted by Gasteiger charge is -2.06. The van der Waals surface area contributed by atoms with E-state index in [1.165, 1.54) is 6.33 Å². The largest absolute Gasteiger partial charge is 0.439 e. The van der Waals surface area contributed by atoms with E-state index in [-0.39, 0.29) is 6.61 Å². The van der Waals surface area contributed by atoms with E-state index in [1.54, 1.807) is 6.07 Å². The zero-order chi connectivity index (χ0) is 12.8. The second-order valence-corrected chi connectivity index (χ2v) is 4.01. The number of rotatable bonds is 5. The average Bonchev–Trinajstić information content (AvgIpc) is 2.40. The monoisotopic (exact) mass is 244 g/mol. The van der Waals surface area contributed by atoms with Crippen molar-refractivity contribution in [2.24, 2.45) is 0 Å². The van der Waals surface area contributed by atoms with Crippen LogP contribution in [0, 0.1) is 0 Å². The Morgan fingerprint density at radius 3 is 2.89 bits per heavy atom. The molecule has 2 aromatic rings. The number of aromatic nitrogens is 2. The summed E-state index contributed by atoms with van der Waals surface area (Å²) in [4.78, 5) is 8.25. The van der Waals surface area contributed by atoms with Gasteiger partial charge in [0.15, 0.2) is 0 Å². The summed E-state index contributed by atoms with van der Waals surface area (Å²) in [6.45, 7) is 2.11. The van der Waals surface area contributed by atoms with Crippen molar-refractivity contribution in [2.45, 2.75) is 26.4 Å². The van der Waals surface area contributed by atoms with Crippen molar-refractivity contribution in [1.29, 1.82) is 0 Å². The molecule has 0 aliphatic carbocycles. The number of hydrogen-bond acceptors (Lipinski definition) is 4. The molecule has 0 amide bonds. The third-order valence-electron chi connectivity index (χ3n) is 2.51. The first-order chi connectivity index (χ1) is 8.81. The highest BCUT2D eigenvalue weighted by atomic mass is 16.5. The predicted molar refractivity (Wildman–Crippen MR) is 68.5 cm³/mol. The summed E-state index contributed by atoms with van der Waals surface area (Å²) in [7, 11) is 0. The fraction of sp³-hybridized carbons (Fsp3) is 0.286. The molecule has 94 valence electrons. The molecule has 0 atom stereocenters. The van der Waals surface area contributed by atoms with Gasteiger partial charge in [-0.05, 0) is 24.1 Å². The van der Waals surface area contributed by atoms with Crippen LogP contribution in [0.25, 0.3) is 0 Å². The van der Waals surface area contributed by atoms with Crippen molar-refractivity contribution in [3.63, 3.8) is 0 Å². The van der Waals surface area contributed by atoms with Gasteiger partial charge in [-0.2, -0.15) is 0 Å². The molecule has 0 radical (unpaired) electrons. The number of nitrogens with zero attached hydrogens (tertiary/aromatic N) is 2. The highest BCUT2D eigenvalue weighted by Gasteiger charge is 2.02. The molecule has 18 heavy (non-hydrogen) atoms. The lowest BCUT2D eigenvalue weighted by atomic mass is 10.2. The molecular formula is C14H16N2O2. The molecule has 1 N–H and O–H groups in total. The van der Waals surface area contributed by atoms with Gasteiger partial charge in [-0.3, -0.25) is 0 Å². The first-order valence-electron chi connectivity index (χ1n) is 6.00. The first kappa shape index (κ1) is 12.5. The molecule has 4 heteroatoms. The molecule has 0 spiro atoms. The molecule has 0 unspecified atom stereocenters. The van der Waals surface area contributed by atoms with Crippen molar-refractivity contribution in [3.8, 4) is 11.6 Å². The summed E-state index contributed by atoms with van der Waals surface area (Å²) in [5.74, 6) is 1.20. The van der Waals surface area contributed by atoms with Gasteiger partial charge in [0, 0.05) is 11.8 Å². The zero-order valence-electron chi connectivity index (χ0n) is 10.3. The smallest absolute Gasteiger partial charge is 0.222 e. The van der Waals surface area contributed by atoms with Crippen LogP contribution in [0.3, 0.4) is 0 Å². The van der Waals surface area contributed by atoms with Gasteiger partial charge in [-0.1, -0.05) is 25.5 Å². The van der Waals surface area contributed by atoms with E-state index < -0.39 is 0 Å². The van der Waals surface area contributed by atoms with E-state index in [0.717, 1.165) is 24.1 Å². The fourth-order valence-corrected chi connectivity index (χ4v) is 1.65. The van der Waals surface area contributed by atoms with E-state index in [0.29, 0.717) is 11.6 Å². The number of hydrogen-bond donors (Lipinski definition) is 1. The molecule has 0 saturated heterocycles. The summed E-state index contributed by atoms with van der Waals surface area (Å²) in [5, 5.41) is 9.06. The van der Waals surface area contributed by atoms with Gasteiger partial charge < -0.3 is 9.84 Å². The average molecular weight is 244 g/mol. The molecule has 0 aliphatic heterocycles. The Morgan fingerprint density at radius 1 is 1.22 bits per heavy atom. The first-order valence-corrected chi connectivity index (χ1v) is 6.00. The normalized spacial score (nSPS) is 10.3. The number of aryl methyl sites for hydroxylation is 1. The Bertz CT molecular complexity index is 515. The van der Waals surface area contributed by atoms with Crippen LogP contribution in [0.1, 0.15) is 24.6 Å². The van der Waals surface area contributed by atoms with Crippen LogP contribution in [0.15, 0.2) is 36.7 Å². The summed E-state index contributed by atoms with van der Waals surface area (Å²) < 4.78 is 5.65. The number of benzene rings is 1. The Kier molecular flexibility index (Phi) is 4.25. The van der Waals surface area contributed by atoms with Gasteiger partial charge in [0.25, 0.3) is 0 Å². The number of aliphatic hydroxyl groups is 1. The van der Waals surface area contributed by atoms with Gasteiger partial charge in [0.2, 0.25) is 5.88 Å². The second kappa shape index (κ2) is 6.12. The van der Waals surface area contributed by atoms with E-state index in [1.807, 2.05) is 24.3 Å². The Hall–Kier alpha value is -1.94. The van der Waals surface area contributed by atoms with Crippen LogP contribution in [-0.4, -0.2) is 15.1 Å². The number of aliphatic hydroxyl groups excluding tert-OH is 1. The van der Waals surface area contributed by atoms with Crippen molar-refractivity contribution in [3.05, 3.63) is 47.9 Å². The molecule has 0 aliphatic rings. The Morgan fingerprint density at radius 2 is 2.11 bits per heavy atom. The van der Waals surface area contributed by atoms with Crippen LogP contribution >= 0.6 is 0 Å². The third kappa shape index (κ3) is 3.28. The van der Waals surface area contributed by atoms with Gasteiger partial charge in [-0.25, -0.2) is 9.97 Å². The summed E-state index contributed by atoms with van der Waals surface area (Å²) in [6, 6.07) is 9.15. The summed E-state index contributed by atoms with van der Waals surface area (Å²) in [5.41, 5.74) is 1.79. The molecule has 1 heterocycles. The molecule has 1 aromatic heterocycles. The summed E-state index contributed by atoms with van der Waals surface area (Å²) in [6.07, 6.45) is 3.46. The van der Waals surface area contributed by atoms with Crippen molar-refractivity contribution in [1.82, 2.24) is 9.97 Å². The second-order valence-electron chi connectivity index (χ2n) is 4.01. The van der Waals surface area contributed by atoms with Gasteiger partial charge in [0.05, 0.1) is 6.61 Å². The standard InChI is InChI=1S/C14H16N2O2/c1-2-4-12-8-14(16-10-15-12)18-13-6-3-5-11(7-13)9-17/h3,5-8,10,17H,2,4,9H2,1H3. The zero-order valence-corrected chi connectivity index (χ0v) is 10.3. The minimum absolute atomic E-state index is 0.00204. The van der Waals surface area contributed by atoms with Gasteiger partial charge in [-0.15, -0.1) is 0 Å². The molecule has 0 fully saturated rings. The van der Waals surface area contributed by atoms with Crippen molar-refractivity contribution < 1.29 is 9.84 Å². The quantitative estimate of drug-likeness (QED) is 0.878. The van der Waals surface area contributed by atoms with Crippen LogP contribution in [0.2, 0.25) is 0 Å². The maximum atomic E-state index is 9.06. The maximum absolute atomic E-state index is 9.06. The van der Waals surface area contributed by atoms with Crippen LogP contribution in [-0.2, 0) is 13.0 Å². The molecular weight excluding hydrogens is 228 g/mol. The molecule has 2 rings (SSSR count). The Balaban J connectivity index is 2.14. The van der Waals surface area contributed by atoms with E-state index in [9.17, 15) is 0 Å². The number of ether oxygens (including phenoxy) is 1. The Labute approximate surface area is 106 Å². The third-order valence-corrected chi connectivity index (χ3v) is 2.51. The van der Waals surface area contributed by atoms with Gasteiger partial charge >= 0.3 is 0 Å².